The molecule has 28 heavy (non-hydrogen) atoms. The van der Waals surface area contributed by atoms with E-state index < -0.39 is 17.8 Å². The van der Waals surface area contributed by atoms with E-state index in [-0.39, 0.29) is 5.57 Å². The summed E-state index contributed by atoms with van der Waals surface area (Å²) >= 11 is 12.7. The van der Waals surface area contributed by atoms with E-state index in [4.69, 9.17) is 16.3 Å². The van der Waals surface area contributed by atoms with Crippen molar-refractivity contribution in [2.75, 3.05) is 11.5 Å². The number of halogens is 3. The molecule has 6 nitrogen and oxygen atoms in total. The Kier molecular flexibility index (Phi) is 6.22. The van der Waals surface area contributed by atoms with Gasteiger partial charge in [0.15, 0.2) is 0 Å². The first kappa shape index (κ1) is 20.6. The molecule has 0 unspecified atom stereocenters. The lowest BCUT2D eigenvalue weighted by Gasteiger charge is -2.26. The normalized spacial score (nSPS) is 15.8. The van der Waals surface area contributed by atoms with Crippen LogP contribution in [0.3, 0.4) is 0 Å². The predicted octanol–water partition coefficient (Wildman–Crippen LogP) is 4.93. The van der Waals surface area contributed by atoms with Gasteiger partial charge in [0.1, 0.15) is 11.3 Å². The van der Waals surface area contributed by atoms with E-state index in [2.05, 4.69) is 37.2 Å². The third-order valence-corrected chi connectivity index (χ3v) is 5.11. The molecule has 0 aliphatic carbocycles. The van der Waals surface area contributed by atoms with Crippen LogP contribution in [0.2, 0.25) is 5.02 Å². The number of barbiturate groups is 1. The van der Waals surface area contributed by atoms with Crippen LogP contribution in [0.15, 0.2) is 50.9 Å². The largest absolute Gasteiger partial charge is 0.492 e. The number of anilines is 1. The summed E-state index contributed by atoms with van der Waals surface area (Å²) in [5.74, 6) is -1.04. The summed E-state index contributed by atoms with van der Waals surface area (Å²) in [6, 6.07) is 8.83. The van der Waals surface area contributed by atoms with Crippen molar-refractivity contribution in [2.24, 2.45) is 0 Å². The van der Waals surface area contributed by atoms with E-state index in [9.17, 15) is 14.4 Å². The molecular formula is C19H13Br2ClN2O4. The van der Waals surface area contributed by atoms with Crippen molar-refractivity contribution in [3.05, 3.63) is 61.5 Å². The number of carbonyl (C=O) groups excluding carboxylic acids is 3. The first-order valence-electron chi connectivity index (χ1n) is 8.10. The number of nitrogens with zero attached hydrogens (tertiary/aromatic N) is 1. The van der Waals surface area contributed by atoms with E-state index in [1.807, 2.05) is 6.92 Å². The molecule has 0 bridgehead atoms. The number of carbonyl (C=O) groups is 3. The molecule has 2 aromatic rings. The topological polar surface area (TPSA) is 75.7 Å². The van der Waals surface area contributed by atoms with Gasteiger partial charge in [-0.1, -0.05) is 27.5 Å². The summed E-state index contributed by atoms with van der Waals surface area (Å²) < 4.78 is 7.01. The number of nitrogens with one attached hydrogen (secondary N) is 1. The average molecular weight is 529 g/mol. The molecule has 1 N–H and O–H groups in total. The van der Waals surface area contributed by atoms with Crippen molar-refractivity contribution in [1.29, 1.82) is 0 Å². The van der Waals surface area contributed by atoms with Crippen molar-refractivity contribution >= 4 is 73.1 Å². The van der Waals surface area contributed by atoms with Crippen LogP contribution in [0.1, 0.15) is 12.5 Å². The van der Waals surface area contributed by atoms with Gasteiger partial charge < -0.3 is 4.74 Å². The highest BCUT2D eigenvalue weighted by Gasteiger charge is 2.37. The Bertz CT molecular complexity index is 1010. The van der Waals surface area contributed by atoms with E-state index in [0.717, 1.165) is 9.37 Å². The van der Waals surface area contributed by atoms with Crippen LogP contribution in [-0.2, 0) is 9.59 Å². The van der Waals surface area contributed by atoms with Crippen LogP contribution >= 0.6 is 43.5 Å². The predicted molar refractivity (Wildman–Crippen MR) is 113 cm³/mol. The number of hydrogen-bond donors (Lipinski definition) is 1. The molecular weight excluding hydrogens is 515 g/mol. The first-order valence-corrected chi connectivity index (χ1v) is 10.1. The van der Waals surface area contributed by atoms with Crippen molar-refractivity contribution in [2.45, 2.75) is 6.92 Å². The Morgan fingerprint density at radius 1 is 1.14 bits per heavy atom. The number of ether oxygens (including phenoxy) is 1. The van der Waals surface area contributed by atoms with Crippen molar-refractivity contribution in [3.8, 4) is 5.75 Å². The van der Waals surface area contributed by atoms with Crippen molar-refractivity contribution in [1.82, 2.24) is 5.32 Å². The van der Waals surface area contributed by atoms with Gasteiger partial charge in [0, 0.05) is 15.1 Å². The lowest BCUT2D eigenvalue weighted by Crippen LogP contribution is -2.54. The van der Waals surface area contributed by atoms with Crippen LogP contribution in [-0.4, -0.2) is 24.5 Å². The van der Waals surface area contributed by atoms with Crippen molar-refractivity contribution < 1.29 is 19.1 Å². The minimum absolute atomic E-state index is 0.194. The summed E-state index contributed by atoms with van der Waals surface area (Å²) in [5, 5.41) is 2.64. The zero-order chi connectivity index (χ0) is 20.4. The van der Waals surface area contributed by atoms with Crippen LogP contribution in [0.25, 0.3) is 6.08 Å². The summed E-state index contributed by atoms with van der Waals surface area (Å²) in [5.41, 5.74) is 0.610. The van der Waals surface area contributed by atoms with Gasteiger partial charge in [0.05, 0.1) is 16.8 Å². The first-order chi connectivity index (χ1) is 13.3. The van der Waals surface area contributed by atoms with Gasteiger partial charge in [-0.25, -0.2) is 9.69 Å². The molecule has 1 fully saturated rings. The Hall–Kier alpha value is -2.16. The second-order valence-corrected chi connectivity index (χ2v) is 7.88. The lowest BCUT2D eigenvalue weighted by molar-refractivity contribution is -0.122. The molecule has 1 aliphatic rings. The third kappa shape index (κ3) is 4.14. The van der Waals surface area contributed by atoms with Gasteiger partial charge in [-0.15, -0.1) is 0 Å². The lowest BCUT2D eigenvalue weighted by atomic mass is 10.1. The summed E-state index contributed by atoms with van der Waals surface area (Å²) in [4.78, 5) is 38.4. The quantitative estimate of drug-likeness (QED) is 0.451. The molecule has 4 amide bonds. The molecule has 1 heterocycles. The molecule has 0 saturated carbocycles. The molecule has 9 heteroatoms. The molecule has 0 radical (unpaired) electrons. The number of imide groups is 2. The monoisotopic (exact) mass is 526 g/mol. The molecule has 0 spiro atoms. The fraction of sp³-hybridized carbons (Fsp3) is 0.105. The van der Waals surface area contributed by atoms with E-state index >= 15 is 0 Å². The fourth-order valence-electron chi connectivity index (χ4n) is 2.62. The Morgan fingerprint density at radius 3 is 2.46 bits per heavy atom. The summed E-state index contributed by atoms with van der Waals surface area (Å²) in [6.45, 7) is 2.22. The second-order valence-electron chi connectivity index (χ2n) is 5.67. The fourth-order valence-corrected chi connectivity index (χ4v) is 4.12. The second kappa shape index (κ2) is 8.46. The minimum Gasteiger partial charge on any atom is -0.492 e. The van der Waals surface area contributed by atoms with E-state index in [0.29, 0.717) is 33.1 Å². The zero-order valence-corrected chi connectivity index (χ0v) is 18.4. The van der Waals surface area contributed by atoms with Gasteiger partial charge in [-0.05, 0) is 65.3 Å². The van der Waals surface area contributed by atoms with Gasteiger partial charge in [0.25, 0.3) is 11.8 Å². The standard InChI is InChI=1S/C19H13Br2ClN2O4/c1-2-28-16-10(7-11(20)9-15(16)21)8-14-17(25)23-19(27)24(18(14)26)13-5-3-12(22)4-6-13/h3-9H,2H2,1H3,(H,23,25,27)/b14-8+. The Balaban J connectivity index is 2.08. The van der Waals surface area contributed by atoms with E-state index in [1.54, 1.807) is 24.3 Å². The highest BCUT2D eigenvalue weighted by atomic mass is 79.9. The molecule has 0 atom stereocenters. The Morgan fingerprint density at radius 2 is 1.82 bits per heavy atom. The molecule has 2 aromatic carbocycles. The average Bonchev–Trinajstić information content (AvgIpc) is 2.62. The number of urea groups is 1. The van der Waals surface area contributed by atoms with Crippen LogP contribution in [0.5, 0.6) is 5.75 Å². The Labute approximate surface area is 182 Å². The highest BCUT2D eigenvalue weighted by Crippen LogP contribution is 2.35. The van der Waals surface area contributed by atoms with E-state index in [1.165, 1.54) is 18.2 Å². The van der Waals surface area contributed by atoms with Crippen LogP contribution in [0, 0.1) is 0 Å². The van der Waals surface area contributed by atoms with Gasteiger partial charge in [-0.3, -0.25) is 14.9 Å². The zero-order valence-electron chi connectivity index (χ0n) is 14.5. The maximum absolute atomic E-state index is 13.0. The van der Waals surface area contributed by atoms with Crippen LogP contribution in [0.4, 0.5) is 10.5 Å². The molecule has 1 saturated heterocycles. The minimum atomic E-state index is -0.824. The summed E-state index contributed by atoms with van der Waals surface area (Å²) in [6.07, 6.45) is 1.40. The number of hydrogen-bond acceptors (Lipinski definition) is 4. The summed E-state index contributed by atoms with van der Waals surface area (Å²) in [7, 11) is 0. The maximum atomic E-state index is 13.0. The number of rotatable bonds is 4. The van der Waals surface area contributed by atoms with Crippen LogP contribution < -0.4 is 15.0 Å². The third-order valence-electron chi connectivity index (χ3n) is 3.81. The molecule has 3 rings (SSSR count). The molecule has 144 valence electrons. The number of benzene rings is 2. The van der Waals surface area contributed by atoms with Crippen molar-refractivity contribution in [3.63, 3.8) is 0 Å². The van der Waals surface area contributed by atoms with Gasteiger partial charge in [0.2, 0.25) is 0 Å². The smallest absolute Gasteiger partial charge is 0.335 e. The van der Waals surface area contributed by atoms with Gasteiger partial charge in [-0.2, -0.15) is 0 Å². The molecule has 1 aliphatic heterocycles. The number of amides is 4. The highest BCUT2D eigenvalue weighted by molar-refractivity contribution is 9.11. The molecule has 0 aromatic heterocycles. The maximum Gasteiger partial charge on any atom is 0.335 e. The SMILES string of the molecule is CCOc1c(Br)cc(Br)cc1/C=C1\C(=O)NC(=O)N(c2ccc(Cl)cc2)C1=O. The van der Waals surface area contributed by atoms with Gasteiger partial charge >= 0.3 is 6.03 Å².